The number of halogens is 1. The first-order chi connectivity index (χ1) is 10.4. The van der Waals surface area contributed by atoms with Crippen molar-refractivity contribution in [1.82, 2.24) is 0 Å². The molecule has 22 heavy (non-hydrogen) atoms. The number of carbonyl (C=O) groups is 1. The zero-order valence-corrected chi connectivity index (χ0v) is 16.0. The van der Waals surface area contributed by atoms with E-state index < -0.39 is 0 Å². The van der Waals surface area contributed by atoms with Crippen LogP contribution in [-0.4, -0.2) is 20.9 Å². The Labute approximate surface area is 148 Å². The van der Waals surface area contributed by atoms with Crippen molar-refractivity contribution in [2.75, 3.05) is 0 Å². The van der Waals surface area contributed by atoms with Crippen LogP contribution < -0.4 is 0 Å². The number of hydrogen-bond acceptors (Lipinski definition) is 2. The van der Waals surface area contributed by atoms with Gasteiger partial charge in [0.05, 0.1) is 6.10 Å². The van der Waals surface area contributed by atoms with Gasteiger partial charge in [-0.15, -0.1) is 0 Å². The second kappa shape index (κ2) is 5.18. The highest BCUT2D eigenvalue weighted by molar-refractivity contribution is 14.1. The summed E-state index contributed by atoms with van der Waals surface area (Å²) in [6.45, 7) is 4.86. The smallest absolute Gasteiger partial charge is 0.134 e. The number of hydrogen-bond donors (Lipinski definition) is 1. The fraction of sp³-hybridized carbons (Fsp3) is 0.947. The SMILES string of the molecule is C[C@]12C(I)CC(=O)CC1CC[C@@H]1[C@@H]2CC[C@]2(C)[C@@H](O)CC[C@@H]12. The summed E-state index contributed by atoms with van der Waals surface area (Å²) in [6, 6.07) is 0. The third-order valence-electron chi connectivity index (χ3n) is 8.47. The number of aliphatic hydroxyl groups is 1. The van der Waals surface area contributed by atoms with Crippen molar-refractivity contribution in [3.05, 3.63) is 0 Å². The average Bonchev–Trinajstić information content (AvgIpc) is 2.77. The molecular weight excluding hydrogens is 387 g/mol. The molecule has 0 aromatic heterocycles. The maximum absolute atomic E-state index is 12.1. The molecule has 0 saturated heterocycles. The average molecular weight is 416 g/mol. The molecule has 4 saturated carbocycles. The van der Waals surface area contributed by atoms with Crippen LogP contribution in [0.4, 0.5) is 0 Å². The normalized spacial score (nSPS) is 57.9. The fourth-order valence-corrected chi connectivity index (χ4v) is 8.49. The third kappa shape index (κ3) is 1.96. The van der Waals surface area contributed by atoms with Crippen molar-refractivity contribution >= 4 is 28.4 Å². The van der Waals surface area contributed by atoms with Gasteiger partial charge in [-0.2, -0.15) is 0 Å². The van der Waals surface area contributed by atoms with Gasteiger partial charge in [0.15, 0.2) is 0 Å². The van der Waals surface area contributed by atoms with Gasteiger partial charge in [-0.1, -0.05) is 36.4 Å². The van der Waals surface area contributed by atoms with Gasteiger partial charge in [0.1, 0.15) is 5.78 Å². The minimum absolute atomic E-state index is 0.0766. The first kappa shape index (κ1) is 15.9. The van der Waals surface area contributed by atoms with Crippen LogP contribution >= 0.6 is 22.6 Å². The molecule has 4 aliphatic carbocycles. The lowest BCUT2D eigenvalue weighted by atomic mass is 9.45. The second-order valence-corrected chi connectivity index (χ2v) is 10.6. The number of fused-ring (bicyclic) bond motifs is 5. The molecule has 1 N–H and O–H groups in total. The van der Waals surface area contributed by atoms with Crippen LogP contribution in [0.15, 0.2) is 0 Å². The molecule has 0 spiro atoms. The molecule has 4 fully saturated rings. The van der Waals surface area contributed by atoms with Crippen LogP contribution in [0.1, 0.15) is 65.2 Å². The summed E-state index contributed by atoms with van der Waals surface area (Å²) in [5, 5.41) is 10.5. The fourth-order valence-electron chi connectivity index (χ4n) is 7.03. The van der Waals surface area contributed by atoms with E-state index in [4.69, 9.17) is 0 Å². The van der Waals surface area contributed by atoms with Crippen LogP contribution in [0.3, 0.4) is 0 Å². The molecule has 8 atom stereocenters. The van der Waals surface area contributed by atoms with Gasteiger partial charge in [0.25, 0.3) is 0 Å². The molecule has 2 nitrogen and oxygen atoms in total. The molecule has 124 valence electrons. The number of alkyl halides is 1. The minimum Gasteiger partial charge on any atom is -0.393 e. The Morgan fingerprint density at radius 3 is 2.59 bits per heavy atom. The van der Waals surface area contributed by atoms with Crippen LogP contribution in [-0.2, 0) is 4.79 Å². The first-order valence-electron chi connectivity index (χ1n) is 9.21. The van der Waals surface area contributed by atoms with Gasteiger partial charge in [-0.3, -0.25) is 4.79 Å². The zero-order chi connectivity index (χ0) is 15.7. The van der Waals surface area contributed by atoms with Gasteiger partial charge < -0.3 is 5.11 Å². The molecule has 0 bridgehead atoms. The van der Waals surface area contributed by atoms with Crippen LogP contribution in [0.5, 0.6) is 0 Å². The summed E-state index contributed by atoms with van der Waals surface area (Å²) in [5.74, 6) is 3.41. The van der Waals surface area contributed by atoms with E-state index in [1.807, 2.05) is 0 Å². The summed E-state index contributed by atoms with van der Waals surface area (Å²) >= 11 is 2.59. The van der Waals surface area contributed by atoms with E-state index >= 15 is 0 Å². The summed E-state index contributed by atoms with van der Waals surface area (Å²) < 4.78 is 0.514. The lowest BCUT2D eigenvalue weighted by Crippen LogP contribution is -2.57. The Kier molecular flexibility index (Phi) is 3.73. The van der Waals surface area contributed by atoms with Gasteiger partial charge >= 0.3 is 0 Å². The highest BCUT2D eigenvalue weighted by Crippen LogP contribution is 2.66. The Morgan fingerprint density at radius 2 is 1.82 bits per heavy atom. The molecule has 0 aromatic rings. The van der Waals surface area contributed by atoms with Crippen molar-refractivity contribution < 1.29 is 9.90 Å². The Balaban J connectivity index is 1.67. The predicted octanol–water partition coefficient (Wildman–Crippen LogP) is 4.37. The van der Waals surface area contributed by atoms with Crippen molar-refractivity contribution in [2.45, 2.75) is 75.2 Å². The Hall–Kier alpha value is 0.360. The van der Waals surface area contributed by atoms with E-state index in [1.54, 1.807) is 0 Å². The van der Waals surface area contributed by atoms with E-state index in [0.29, 0.717) is 21.0 Å². The monoisotopic (exact) mass is 416 g/mol. The molecule has 2 unspecified atom stereocenters. The largest absolute Gasteiger partial charge is 0.393 e. The van der Waals surface area contributed by atoms with Crippen LogP contribution in [0.2, 0.25) is 0 Å². The molecule has 0 aromatic carbocycles. The van der Waals surface area contributed by atoms with Gasteiger partial charge in [-0.25, -0.2) is 0 Å². The summed E-state index contributed by atoms with van der Waals surface area (Å²) in [5.41, 5.74) is 0.530. The van der Waals surface area contributed by atoms with Crippen molar-refractivity contribution in [1.29, 1.82) is 0 Å². The number of carbonyl (C=O) groups excluding carboxylic acids is 1. The van der Waals surface area contributed by atoms with Crippen molar-refractivity contribution in [3.8, 4) is 0 Å². The zero-order valence-electron chi connectivity index (χ0n) is 13.9. The summed E-state index contributed by atoms with van der Waals surface area (Å²) in [6.07, 6.45) is 8.80. The molecule has 0 aliphatic heterocycles. The van der Waals surface area contributed by atoms with E-state index in [9.17, 15) is 9.90 Å². The number of aliphatic hydroxyl groups excluding tert-OH is 1. The van der Waals surface area contributed by atoms with E-state index in [2.05, 4.69) is 36.4 Å². The first-order valence-corrected chi connectivity index (χ1v) is 10.5. The molecule has 0 heterocycles. The highest BCUT2D eigenvalue weighted by Gasteiger charge is 2.61. The standard InChI is InChI=1S/C19H29IO2/c1-18-8-7-15-13(14(18)5-6-17(18)22)4-3-11-9-12(21)10-16(20)19(11,15)2/h11,13-17,22H,3-10H2,1-2H3/t11?,13-,14-,15-,16?,17-,18-,19-/m0/s1. The van der Waals surface area contributed by atoms with Crippen LogP contribution in [0.25, 0.3) is 0 Å². The number of ketones is 1. The lowest BCUT2D eigenvalue weighted by molar-refractivity contribution is -0.139. The van der Waals surface area contributed by atoms with Gasteiger partial charge in [0.2, 0.25) is 0 Å². The number of Topliss-reactive ketones (excluding diaryl/α,β-unsaturated/α-hetero) is 1. The van der Waals surface area contributed by atoms with E-state index in [0.717, 1.165) is 37.0 Å². The highest BCUT2D eigenvalue weighted by atomic mass is 127. The van der Waals surface area contributed by atoms with E-state index in [-0.39, 0.29) is 11.5 Å². The molecule has 3 heteroatoms. The number of rotatable bonds is 0. The quantitative estimate of drug-likeness (QED) is 0.470. The third-order valence-corrected chi connectivity index (χ3v) is 10.3. The minimum atomic E-state index is -0.0766. The lowest BCUT2D eigenvalue weighted by Gasteiger charge is -2.61. The molecule has 4 rings (SSSR count). The van der Waals surface area contributed by atoms with Gasteiger partial charge in [-0.05, 0) is 73.0 Å². The molecular formula is C19H29IO2. The van der Waals surface area contributed by atoms with Crippen LogP contribution in [0, 0.1) is 34.5 Å². The maximum atomic E-state index is 12.1. The maximum Gasteiger partial charge on any atom is 0.134 e. The molecule has 0 radical (unpaired) electrons. The molecule has 4 aliphatic rings. The Morgan fingerprint density at radius 1 is 1.05 bits per heavy atom. The topological polar surface area (TPSA) is 37.3 Å². The molecule has 0 amide bonds. The van der Waals surface area contributed by atoms with Crippen molar-refractivity contribution in [2.24, 2.45) is 34.5 Å². The second-order valence-electron chi connectivity index (χ2n) is 9.07. The Bertz CT molecular complexity index is 492. The van der Waals surface area contributed by atoms with Crippen molar-refractivity contribution in [3.63, 3.8) is 0 Å². The summed E-state index contributed by atoms with van der Waals surface area (Å²) in [7, 11) is 0. The predicted molar refractivity (Wildman–Crippen MR) is 95.9 cm³/mol. The van der Waals surface area contributed by atoms with Gasteiger partial charge in [0, 0.05) is 16.8 Å². The summed E-state index contributed by atoms with van der Waals surface area (Å²) in [4.78, 5) is 12.1. The van der Waals surface area contributed by atoms with E-state index in [1.165, 1.54) is 32.1 Å².